The molecule has 1 unspecified atom stereocenters. The molecule has 1 aromatic rings. The quantitative estimate of drug-likeness (QED) is 0.693. The first-order valence-corrected chi connectivity index (χ1v) is 6.01. The van der Waals surface area contributed by atoms with Crippen molar-refractivity contribution in [2.24, 2.45) is 0 Å². The van der Waals surface area contributed by atoms with E-state index >= 15 is 0 Å². The molecule has 6 heteroatoms. The van der Waals surface area contributed by atoms with Crippen molar-refractivity contribution >= 4 is 28.9 Å². The van der Waals surface area contributed by atoms with E-state index in [0.29, 0.717) is 24.5 Å². The molecule has 0 spiro atoms. The van der Waals surface area contributed by atoms with Gasteiger partial charge in [0, 0.05) is 18.8 Å². The number of hydrogen-bond donors (Lipinski definition) is 3. The lowest BCUT2D eigenvalue weighted by atomic mass is 10.1. The number of benzene rings is 1. The summed E-state index contributed by atoms with van der Waals surface area (Å²) >= 11 is 5.99. The molecule has 0 radical (unpaired) electrons. The van der Waals surface area contributed by atoms with Gasteiger partial charge < -0.3 is 20.9 Å². The third kappa shape index (κ3) is 3.78. The van der Waals surface area contributed by atoms with Gasteiger partial charge in [-0.05, 0) is 26.0 Å². The van der Waals surface area contributed by atoms with Crippen LogP contribution in [0.1, 0.15) is 24.2 Å². The third-order valence-electron chi connectivity index (χ3n) is 2.36. The van der Waals surface area contributed by atoms with Gasteiger partial charge >= 0.3 is 5.97 Å². The van der Waals surface area contributed by atoms with Gasteiger partial charge in [0.05, 0.1) is 22.4 Å². The minimum Gasteiger partial charge on any atom is -0.478 e. The van der Waals surface area contributed by atoms with E-state index in [1.807, 2.05) is 13.8 Å². The average Bonchev–Trinajstić information content (AvgIpc) is 2.27. The summed E-state index contributed by atoms with van der Waals surface area (Å²) in [6.07, 6.45) is -0.0368. The molecule has 1 rings (SSSR count). The Morgan fingerprint density at radius 1 is 1.61 bits per heavy atom. The van der Waals surface area contributed by atoms with E-state index in [2.05, 4.69) is 5.32 Å². The van der Waals surface area contributed by atoms with E-state index in [1.54, 1.807) is 0 Å². The summed E-state index contributed by atoms with van der Waals surface area (Å²) in [5.41, 5.74) is 6.31. The molecule has 0 aromatic heterocycles. The fraction of sp³-hybridized carbons (Fsp3) is 0.417. The molecule has 0 aliphatic rings. The Morgan fingerprint density at radius 2 is 2.28 bits per heavy atom. The van der Waals surface area contributed by atoms with E-state index in [0.717, 1.165) is 0 Å². The molecule has 5 nitrogen and oxygen atoms in total. The van der Waals surface area contributed by atoms with Crippen LogP contribution >= 0.6 is 11.6 Å². The molecule has 0 amide bonds. The largest absolute Gasteiger partial charge is 0.478 e. The van der Waals surface area contributed by atoms with Gasteiger partial charge in [-0.25, -0.2) is 4.79 Å². The number of anilines is 2. The molecule has 100 valence electrons. The van der Waals surface area contributed by atoms with Crippen LogP contribution in [0.4, 0.5) is 11.4 Å². The highest BCUT2D eigenvalue weighted by Crippen LogP contribution is 2.29. The number of nitrogens with one attached hydrogen (secondary N) is 1. The standard InChI is InChI=1S/C12H17ClN2O3/c1-3-18-7(2)6-15-11-9(12(16)17)4-8(14)5-10(11)13/h4-5,7,15H,3,6,14H2,1-2H3,(H,16,17). The maximum Gasteiger partial charge on any atom is 0.337 e. The molecule has 4 N–H and O–H groups in total. The van der Waals surface area contributed by atoms with E-state index in [9.17, 15) is 4.79 Å². The summed E-state index contributed by atoms with van der Waals surface area (Å²) in [5.74, 6) is -1.07. The van der Waals surface area contributed by atoms with Crippen molar-refractivity contribution in [3.8, 4) is 0 Å². The van der Waals surface area contributed by atoms with Crippen LogP contribution in [0.25, 0.3) is 0 Å². The number of hydrogen-bond acceptors (Lipinski definition) is 4. The molecule has 0 bridgehead atoms. The van der Waals surface area contributed by atoms with Gasteiger partial charge in [-0.2, -0.15) is 0 Å². The number of carbonyl (C=O) groups is 1. The fourth-order valence-corrected chi connectivity index (χ4v) is 1.86. The third-order valence-corrected chi connectivity index (χ3v) is 2.66. The zero-order valence-electron chi connectivity index (χ0n) is 10.4. The Morgan fingerprint density at radius 3 is 2.83 bits per heavy atom. The van der Waals surface area contributed by atoms with Gasteiger partial charge in [-0.15, -0.1) is 0 Å². The Kier molecular flexibility index (Phi) is 5.25. The predicted octanol–water partition coefficient (Wildman–Crippen LogP) is 2.46. The van der Waals surface area contributed by atoms with Crippen LogP contribution in [-0.4, -0.2) is 30.3 Å². The minimum absolute atomic E-state index is 0.0368. The van der Waals surface area contributed by atoms with E-state index in [4.69, 9.17) is 27.2 Å². The van der Waals surface area contributed by atoms with Crippen molar-refractivity contribution < 1.29 is 14.6 Å². The average molecular weight is 273 g/mol. The summed E-state index contributed by atoms with van der Waals surface area (Å²) in [7, 11) is 0. The van der Waals surface area contributed by atoms with Crippen LogP contribution in [0.3, 0.4) is 0 Å². The summed E-state index contributed by atoms with van der Waals surface area (Å²) in [4.78, 5) is 11.1. The maximum absolute atomic E-state index is 11.1. The van der Waals surface area contributed by atoms with Gasteiger partial charge in [-0.3, -0.25) is 0 Å². The first-order chi connectivity index (χ1) is 8.45. The van der Waals surface area contributed by atoms with Crippen LogP contribution < -0.4 is 11.1 Å². The second kappa shape index (κ2) is 6.47. The van der Waals surface area contributed by atoms with E-state index < -0.39 is 5.97 Å². The number of ether oxygens (including phenoxy) is 1. The molecule has 0 aliphatic carbocycles. The van der Waals surface area contributed by atoms with Gasteiger partial charge in [0.1, 0.15) is 0 Å². The summed E-state index contributed by atoms with van der Waals surface area (Å²) in [5, 5.41) is 12.4. The molecule has 1 aromatic carbocycles. The number of halogens is 1. The van der Waals surface area contributed by atoms with Crippen molar-refractivity contribution in [2.75, 3.05) is 24.2 Å². The fourth-order valence-electron chi connectivity index (χ4n) is 1.57. The van der Waals surface area contributed by atoms with Gasteiger partial charge in [-0.1, -0.05) is 11.6 Å². The number of carboxylic acids is 1. The number of aromatic carboxylic acids is 1. The maximum atomic E-state index is 11.1. The molecular formula is C12H17ClN2O3. The highest BCUT2D eigenvalue weighted by Gasteiger charge is 2.15. The molecule has 0 saturated heterocycles. The van der Waals surface area contributed by atoms with E-state index in [-0.39, 0.29) is 16.7 Å². The van der Waals surface area contributed by atoms with Crippen LogP contribution in [0.15, 0.2) is 12.1 Å². The smallest absolute Gasteiger partial charge is 0.337 e. The van der Waals surface area contributed by atoms with Crippen molar-refractivity contribution in [3.05, 3.63) is 22.7 Å². The van der Waals surface area contributed by atoms with Crippen LogP contribution in [0, 0.1) is 0 Å². The molecular weight excluding hydrogens is 256 g/mol. The topological polar surface area (TPSA) is 84.6 Å². The monoisotopic (exact) mass is 272 g/mol. The Labute approximate surface area is 111 Å². The normalized spacial score (nSPS) is 12.2. The first-order valence-electron chi connectivity index (χ1n) is 5.63. The molecule has 1 atom stereocenters. The highest BCUT2D eigenvalue weighted by atomic mass is 35.5. The van der Waals surface area contributed by atoms with Crippen LogP contribution in [0.5, 0.6) is 0 Å². The lowest BCUT2D eigenvalue weighted by Crippen LogP contribution is -2.21. The lowest BCUT2D eigenvalue weighted by Gasteiger charge is -2.16. The summed E-state index contributed by atoms with van der Waals surface area (Å²) in [6, 6.07) is 2.89. The zero-order chi connectivity index (χ0) is 13.7. The molecule has 18 heavy (non-hydrogen) atoms. The second-order valence-corrected chi connectivity index (χ2v) is 4.28. The zero-order valence-corrected chi connectivity index (χ0v) is 11.1. The SMILES string of the molecule is CCOC(C)CNc1c(Cl)cc(N)cc1C(=O)O. The second-order valence-electron chi connectivity index (χ2n) is 3.88. The molecule has 0 fully saturated rings. The van der Waals surface area contributed by atoms with Gasteiger partial charge in [0.25, 0.3) is 0 Å². The predicted molar refractivity (Wildman–Crippen MR) is 72.4 cm³/mol. The van der Waals surface area contributed by atoms with Crippen molar-refractivity contribution in [3.63, 3.8) is 0 Å². The number of nitrogens with two attached hydrogens (primary N) is 1. The van der Waals surface area contributed by atoms with Crippen LogP contribution in [0.2, 0.25) is 5.02 Å². The number of rotatable bonds is 6. The van der Waals surface area contributed by atoms with Gasteiger partial charge in [0.15, 0.2) is 0 Å². The van der Waals surface area contributed by atoms with Crippen LogP contribution in [-0.2, 0) is 4.74 Å². The Bertz CT molecular complexity index is 438. The molecule has 0 heterocycles. The minimum atomic E-state index is -1.07. The van der Waals surface area contributed by atoms with E-state index in [1.165, 1.54) is 12.1 Å². The van der Waals surface area contributed by atoms with Crippen molar-refractivity contribution in [2.45, 2.75) is 20.0 Å². The Hall–Kier alpha value is -1.46. The summed E-state index contributed by atoms with van der Waals surface area (Å²) in [6.45, 7) is 4.86. The number of nitrogen functional groups attached to an aromatic ring is 1. The van der Waals surface area contributed by atoms with Crippen molar-refractivity contribution in [1.82, 2.24) is 0 Å². The number of carboxylic acid groups (broad SMARTS) is 1. The summed E-state index contributed by atoms with van der Waals surface area (Å²) < 4.78 is 5.35. The lowest BCUT2D eigenvalue weighted by molar-refractivity contribution is 0.0696. The highest BCUT2D eigenvalue weighted by molar-refractivity contribution is 6.34. The first kappa shape index (κ1) is 14.6. The molecule has 0 saturated carbocycles. The van der Waals surface area contributed by atoms with Gasteiger partial charge in [0.2, 0.25) is 0 Å². The van der Waals surface area contributed by atoms with Crippen molar-refractivity contribution in [1.29, 1.82) is 0 Å². The molecule has 0 aliphatic heterocycles. The Balaban J connectivity index is 2.90.